The Hall–Kier alpha value is -0.950. The number of nitrogens with zero attached hydrogens (tertiary/aromatic N) is 3. The van der Waals surface area contributed by atoms with E-state index in [4.69, 9.17) is 11.6 Å². The van der Waals surface area contributed by atoms with E-state index in [0.29, 0.717) is 24.0 Å². The second-order valence-corrected chi connectivity index (χ2v) is 6.46. The summed E-state index contributed by atoms with van der Waals surface area (Å²) in [7, 11) is 1.86. The van der Waals surface area contributed by atoms with Gasteiger partial charge in [-0.2, -0.15) is 0 Å². The van der Waals surface area contributed by atoms with Crippen LogP contribution < -0.4 is 0 Å². The van der Waals surface area contributed by atoms with Crippen molar-refractivity contribution in [3.05, 3.63) is 20.2 Å². The molecule has 0 N–H and O–H groups in total. The molecule has 1 saturated carbocycles. The summed E-state index contributed by atoms with van der Waals surface area (Å²) in [5.74, 6) is 0. The van der Waals surface area contributed by atoms with Crippen LogP contribution in [0.25, 0.3) is 0 Å². The van der Waals surface area contributed by atoms with Crippen molar-refractivity contribution in [3.63, 3.8) is 0 Å². The van der Waals surface area contributed by atoms with Gasteiger partial charge in [-0.25, -0.2) is 0 Å². The minimum atomic E-state index is -1.30. The molecule has 17 heavy (non-hydrogen) atoms. The maximum atomic E-state index is 11.3. The van der Waals surface area contributed by atoms with Crippen LogP contribution in [0.5, 0.6) is 0 Å². The van der Waals surface area contributed by atoms with E-state index in [-0.39, 0.29) is 22.3 Å². The molecular formula is C9H13ClN3O4+. The Morgan fingerprint density at radius 1 is 1.29 bits per heavy atom. The first kappa shape index (κ1) is 11.2. The number of quaternary nitrogens is 1. The first-order valence-electron chi connectivity index (χ1n) is 5.53. The molecule has 94 valence electrons. The highest BCUT2D eigenvalue weighted by Crippen LogP contribution is 2.58. The highest BCUT2D eigenvalue weighted by Gasteiger charge is 2.84. The molecule has 3 aliphatic heterocycles. The summed E-state index contributed by atoms with van der Waals surface area (Å²) in [5, 5.41) is 22.0. The lowest BCUT2D eigenvalue weighted by Crippen LogP contribution is -2.64. The van der Waals surface area contributed by atoms with Crippen LogP contribution in [0.1, 0.15) is 12.8 Å². The van der Waals surface area contributed by atoms with Crippen molar-refractivity contribution in [3.8, 4) is 0 Å². The fraction of sp³-hybridized carbons (Fsp3) is 1.00. The number of nitro groups is 2. The minimum absolute atomic E-state index is 0.0154. The van der Waals surface area contributed by atoms with Gasteiger partial charge in [0.25, 0.3) is 11.1 Å². The van der Waals surface area contributed by atoms with E-state index >= 15 is 0 Å². The number of hydrogen-bond donors (Lipinski definition) is 0. The van der Waals surface area contributed by atoms with Crippen molar-refractivity contribution in [1.82, 2.24) is 0 Å². The number of rotatable bonds is 2. The highest BCUT2D eigenvalue weighted by atomic mass is 35.5. The Kier molecular flexibility index (Phi) is 1.79. The van der Waals surface area contributed by atoms with Crippen molar-refractivity contribution < 1.29 is 14.3 Å². The molecule has 0 spiro atoms. The van der Waals surface area contributed by atoms with Gasteiger partial charge in [-0.1, -0.05) is 0 Å². The van der Waals surface area contributed by atoms with Crippen LogP contribution in [-0.2, 0) is 0 Å². The summed E-state index contributed by atoms with van der Waals surface area (Å²) < 4.78 is 0.385. The van der Waals surface area contributed by atoms with Crippen molar-refractivity contribution in [2.75, 3.05) is 20.1 Å². The number of hydrogen-bond acceptors (Lipinski definition) is 4. The summed E-state index contributed by atoms with van der Waals surface area (Å²) in [6.45, 7) is 0.706. The third kappa shape index (κ3) is 1.02. The largest absolute Gasteiger partial charge is 0.310 e. The molecule has 4 fully saturated rings. The van der Waals surface area contributed by atoms with Gasteiger partial charge in [0.15, 0.2) is 18.5 Å². The number of likely N-dealkylation sites (N-methyl/N-ethyl adjacent to an activating group) is 1. The van der Waals surface area contributed by atoms with Gasteiger partial charge >= 0.3 is 0 Å². The number of alkyl halides is 1. The lowest BCUT2D eigenvalue weighted by Gasteiger charge is -2.35. The van der Waals surface area contributed by atoms with Crippen LogP contribution in [0.15, 0.2) is 0 Å². The normalized spacial score (nSPS) is 55.2. The lowest BCUT2D eigenvalue weighted by molar-refractivity contribution is -0.928. The second kappa shape index (κ2) is 2.72. The maximum absolute atomic E-state index is 11.3. The van der Waals surface area contributed by atoms with Crippen molar-refractivity contribution >= 4 is 11.6 Å². The van der Waals surface area contributed by atoms with Gasteiger partial charge < -0.3 is 4.48 Å². The average molecular weight is 263 g/mol. The zero-order valence-electron chi connectivity index (χ0n) is 9.34. The summed E-state index contributed by atoms with van der Waals surface area (Å²) >= 11 is 6.23. The molecule has 0 aromatic carbocycles. The Bertz CT molecular complexity index is 446. The second-order valence-electron chi connectivity index (χ2n) is 5.99. The molecule has 1 aliphatic carbocycles. The third-order valence-electron chi connectivity index (χ3n) is 4.92. The van der Waals surface area contributed by atoms with Gasteiger partial charge in [0.05, 0.1) is 13.5 Å². The van der Waals surface area contributed by atoms with E-state index in [1.807, 2.05) is 7.05 Å². The Morgan fingerprint density at radius 2 is 1.94 bits per heavy atom. The molecule has 5 atom stereocenters. The van der Waals surface area contributed by atoms with Crippen LogP contribution in [0, 0.1) is 20.2 Å². The van der Waals surface area contributed by atoms with Gasteiger partial charge in [-0.3, -0.25) is 20.2 Å². The molecular weight excluding hydrogens is 250 g/mol. The van der Waals surface area contributed by atoms with E-state index in [1.54, 1.807) is 0 Å². The fourth-order valence-electron chi connectivity index (χ4n) is 4.40. The molecule has 0 radical (unpaired) electrons. The molecule has 0 aromatic heterocycles. The maximum Gasteiger partial charge on any atom is 0.298 e. The number of piperidine rings is 1. The summed E-state index contributed by atoms with van der Waals surface area (Å²) in [4.78, 5) is 21.9. The third-order valence-corrected chi connectivity index (χ3v) is 5.61. The van der Waals surface area contributed by atoms with Gasteiger partial charge in [0.1, 0.15) is 12.5 Å². The predicted molar refractivity (Wildman–Crippen MR) is 58.0 cm³/mol. The number of halogens is 1. The van der Waals surface area contributed by atoms with Crippen LogP contribution in [0.3, 0.4) is 0 Å². The van der Waals surface area contributed by atoms with Gasteiger partial charge in [-0.05, 0) is 0 Å². The highest BCUT2D eigenvalue weighted by molar-refractivity contribution is 6.22. The van der Waals surface area contributed by atoms with Crippen molar-refractivity contribution in [1.29, 1.82) is 0 Å². The minimum Gasteiger partial charge on any atom is -0.310 e. The monoisotopic (exact) mass is 262 g/mol. The molecule has 4 rings (SSSR count). The molecule has 4 aliphatic rings. The first-order valence-corrected chi connectivity index (χ1v) is 5.97. The zero-order valence-corrected chi connectivity index (χ0v) is 10.1. The van der Waals surface area contributed by atoms with Gasteiger partial charge in [-0.15, -0.1) is 11.6 Å². The smallest absolute Gasteiger partial charge is 0.298 e. The topological polar surface area (TPSA) is 86.3 Å². The van der Waals surface area contributed by atoms with Crippen molar-refractivity contribution in [2.45, 2.75) is 35.3 Å². The predicted octanol–water partition coefficient (Wildman–Crippen LogP) is 0.261. The Labute approximate surface area is 102 Å². The van der Waals surface area contributed by atoms with E-state index in [9.17, 15) is 20.2 Å². The molecule has 3 unspecified atom stereocenters. The van der Waals surface area contributed by atoms with Crippen LogP contribution >= 0.6 is 11.6 Å². The van der Waals surface area contributed by atoms with Gasteiger partial charge in [0.2, 0.25) is 0 Å². The van der Waals surface area contributed by atoms with E-state index < -0.39 is 16.5 Å². The van der Waals surface area contributed by atoms with Crippen LogP contribution in [0.2, 0.25) is 0 Å². The zero-order chi connectivity index (χ0) is 12.6. The molecule has 0 amide bonds. The molecule has 0 aromatic rings. The summed E-state index contributed by atoms with van der Waals surface area (Å²) in [6, 6.07) is -0.152. The summed E-state index contributed by atoms with van der Waals surface area (Å²) in [5.41, 5.74) is -2.43. The standard InChI is InChI=1S/C9H13ClN3O4/c1-13-4-8(11(14)15)2-6(13)7(10)9(3-8,5-13)12(16)17/h6-7H,2-5H2,1H3/q+1/t6?,7?,8-,9+,13?/m1/s1. The van der Waals surface area contributed by atoms with E-state index in [2.05, 4.69) is 0 Å². The Balaban J connectivity index is 2.13. The SMILES string of the molecule is C[N+]12C[C@@]3([N+](=O)[O-])CC1C(Cl)[C@]([N+](=O)[O-])(C3)C2. The van der Waals surface area contributed by atoms with Crippen molar-refractivity contribution in [2.24, 2.45) is 0 Å². The average Bonchev–Trinajstić information content (AvgIpc) is 2.51. The first-order chi connectivity index (χ1) is 7.76. The molecule has 8 heteroatoms. The van der Waals surface area contributed by atoms with Crippen LogP contribution in [-0.4, -0.2) is 57.0 Å². The Morgan fingerprint density at radius 3 is 2.41 bits per heavy atom. The molecule has 3 saturated heterocycles. The lowest BCUT2D eigenvalue weighted by atomic mass is 9.72. The van der Waals surface area contributed by atoms with Crippen LogP contribution in [0.4, 0.5) is 0 Å². The van der Waals surface area contributed by atoms with Gasteiger partial charge in [0, 0.05) is 9.85 Å². The quantitative estimate of drug-likeness (QED) is 0.309. The van der Waals surface area contributed by atoms with E-state index in [1.165, 1.54) is 0 Å². The molecule has 4 bridgehead atoms. The molecule has 3 heterocycles. The fourth-order valence-corrected chi connectivity index (χ4v) is 4.99. The summed E-state index contributed by atoms with van der Waals surface area (Å²) in [6.07, 6.45) is 0.360. The molecule has 7 nitrogen and oxygen atoms in total. The van der Waals surface area contributed by atoms with E-state index in [0.717, 1.165) is 0 Å².